The smallest absolute Gasteiger partial charge is 0.161 e. The third-order valence-corrected chi connectivity index (χ3v) is 2.71. The average molecular weight is 231 g/mol. The van der Waals surface area contributed by atoms with E-state index in [1.807, 2.05) is 13.8 Å². The highest BCUT2D eigenvalue weighted by Gasteiger charge is 2.24. The first-order valence-corrected chi connectivity index (χ1v) is 4.98. The Balaban J connectivity index is 3.28. The van der Waals surface area contributed by atoms with Gasteiger partial charge in [-0.1, -0.05) is 25.4 Å². The number of phenolic OH excluding ortho intramolecular Hbond substituents is 1. The van der Waals surface area contributed by atoms with Gasteiger partial charge in [-0.15, -0.1) is 0 Å². The maximum atomic E-state index is 9.61. The van der Waals surface area contributed by atoms with Gasteiger partial charge in [0.05, 0.1) is 13.7 Å². The molecular formula is C11H15ClO3. The molecule has 0 atom stereocenters. The molecule has 0 heterocycles. The van der Waals surface area contributed by atoms with Crippen LogP contribution in [0.1, 0.15) is 19.4 Å². The summed E-state index contributed by atoms with van der Waals surface area (Å²) >= 11 is 6.04. The third kappa shape index (κ3) is 2.36. The van der Waals surface area contributed by atoms with Crippen LogP contribution in [0.3, 0.4) is 0 Å². The number of benzene rings is 1. The molecule has 15 heavy (non-hydrogen) atoms. The summed E-state index contributed by atoms with van der Waals surface area (Å²) < 4.78 is 4.93. The minimum atomic E-state index is -0.485. The fraction of sp³-hybridized carbons (Fsp3) is 0.455. The van der Waals surface area contributed by atoms with Crippen molar-refractivity contribution in [3.8, 4) is 11.5 Å². The van der Waals surface area contributed by atoms with E-state index in [2.05, 4.69) is 0 Å². The van der Waals surface area contributed by atoms with Crippen molar-refractivity contribution in [3.63, 3.8) is 0 Å². The topological polar surface area (TPSA) is 49.7 Å². The zero-order chi connectivity index (χ0) is 11.6. The molecule has 1 aromatic carbocycles. The summed E-state index contributed by atoms with van der Waals surface area (Å²) in [7, 11) is 1.46. The van der Waals surface area contributed by atoms with Crippen LogP contribution in [0.5, 0.6) is 11.5 Å². The summed E-state index contributed by atoms with van der Waals surface area (Å²) in [6.45, 7) is 3.65. The van der Waals surface area contributed by atoms with Crippen molar-refractivity contribution in [1.29, 1.82) is 0 Å². The number of phenols is 1. The van der Waals surface area contributed by atoms with Crippen LogP contribution in [0.15, 0.2) is 12.1 Å². The second kappa shape index (κ2) is 4.29. The van der Waals surface area contributed by atoms with E-state index in [9.17, 15) is 10.2 Å². The van der Waals surface area contributed by atoms with Crippen molar-refractivity contribution in [2.45, 2.75) is 19.3 Å². The van der Waals surface area contributed by atoms with Gasteiger partial charge in [0.2, 0.25) is 0 Å². The number of aliphatic hydroxyl groups excluding tert-OH is 1. The van der Waals surface area contributed by atoms with Crippen LogP contribution >= 0.6 is 11.6 Å². The fourth-order valence-electron chi connectivity index (χ4n) is 1.31. The van der Waals surface area contributed by atoms with Gasteiger partial charge in [0.25, 0.3) is 0 Å². The molecule has 0 saturated carbocycles. The fourth-order valence-corrected chi connectivity index (χ4v) is 1.72. The van der Waals surface area contributed by atoms with Crippen LogP contribution in [0.4, 0.5) is 0 Å². The Morgan fingerprint density at radius 1 is 1.40 bits per heavy atom. The lowest BCUT2D eigenvalue weighted by Crippen LogP contribution is -2.22. The number of hydrogen-bond donors (Lipinski definition) is 2. The predicted octanol–water partition coefficient (Wildman–Crippen LogP) is 2.32. The van der Waals surface area contributed by atoms with Gasteiger partial charge in [0.1, 0.15) is 0 Å². The van der Waals surface area contributed by atoms with E-state index in [4.69, 9.17) is 16.3 Å². The summed E-state index contributed by atoms with van der Waals surface area (Å²) in [5, 5.41) is 19.3. The molecule has 0 aromatic heterocycles. The molecule has 0 aliphatic heterocycles. The standard InChI is InChI=1S/C11H15ClO3/c1-11(2,6-13)7-4-9(14)10(15-3)5-8(7)12/h4-5,13-14H,6H2,1-3H3. The van der Waals surface area contributed by atoms with E-state index in [0.717, 1.165) is 0 Å². The lowest BCUT2D eigenvalue weighted by Gasteiger charge is -2.24. The van der Waals surface area contributed by atoms with Crippen molar-refractivity contribution in [1.82, 2.24) is 0 Å². The van der Waals surface area contributed by atoms with Crippen molar-refractivity contribution in [3.05, 3.63) is 22.7 Å². The molecular weight excluding hydrogens is 216 g/mol. The lowest BCUT2D eigenvalue weighted by molar-refractivity contribution is 0.218. The van der Waals surface area contributed by atoms with E-state index in [1.165, 1.54) is 13.2 Å². The van der Waals surface area contributed by atoms with Crippen LogP contribution in [-0.2, 0) is 5.41 Å². The van der Waals surface area contributed by atoms with Crippen LogP contribution < -0.4 is 4.74 Å². The number of aromatic hydroxyl groups is 1. The lowest BCUT2D eigenvalue weighted by atomic mass is 9.85. The molecule has 0 aliphatic carbocycles. The molecule has 0 saturated heterocycles. The summed E-state index contributed by atoms with van der Waals surface area (Å²) in [6.07, 6.45) is 0. The second-order valence-electron chi connectivity index (χ2n) is 4.05. The molecule has 2 N–H and O–H groups in total. The van der Waals surface area contributed by atoms with Gasteiger partial charge in [-0.2, -0.15) is 0 Å². The molecule has 0 radical (unpaired) electrons. The van der Waals surface area contributed by atoms with Gasteiger partial charge in [-0.3, -0.25) is 0 Å². The minimum absolute atomic E-state index is 0.0263. The Hall–Kier alpha value is -0.930. The number of methoxy groups -OCH3 is 1. The molecule has 1 rings (SSSR count). The van der Waals surface area contributed by atoms with E-state index in [0.29, 0.717) is 16.3 Å². The van der Waals surface area contributed by atoms with Crippen molar-refractivity contribution in [2.24, 2.45) is 0 Å². The maximum Gasteiger partial charge on any atom is 0.161 e. The summed E-state index contributed by atoms with van der Waals surface area (Å²) in [6, 6.07) is 3.07. The number of aliphatic hydroxyl groups is 1. The van der Waals surface area contributed by atoms with Gasteiger partial charge >= 0.3 is 0 Å². The molecule has 84 valence electrons. The number of halogens is 1. The first kappa shape index (κ1) is 12.1. The zero-order valence-electron chi connectivity index (χ0n) is 9.04. The monoisotopic (exact) mass is 230 g/mol. The summed E-state index contributed by atoms with van der Waals surface area (Å²) in [5.74, 6) is 0.357. The molecule has 0 unspecified atom stereocenters. The highest BCUT2D eigenvalue weighted by Crippen LogP contribution is 2.37. The quantitative estimate of drug-likeness (QED) is 0.838. The van der Waals surface area contributed by atoms with Crippen molar-refractivity contribution < 1.29 is 14.9 Å². The first-order valence-electron chi connectivity index (χ1n) is 4.60. The van der Waals surface area contributed by atoms with Crippen LogP contribution in [0.25, 0.3) is 0 Å². The molecule has 0 aliphatic rings. The van der Waals surface area contributed by atoms with Gasteiger partial charge < -0.3 is 14.9 Å². The van der Waals surface area contributed by atoms with Crippen LogP contribution in [-0.4, -0.2) is 23.9 Å². The highest BCUT2D eigenvalue weighted by atomic mass is 35.5. The highest BCUT2D eigenvalue weighted by molar-refractivity contribution is 6.31. The number of rotatable bonds is 3. The first-order chi connectivity index (χ1) is 6.92. The van der Waals surface area contributed by atoms with Gasteiger partial charge in [-0.05, 0) is 11.6 Å². The number of hydrogen-bond acceptors (Lipinski definition) is 3. The van der Waals surface area contributed by atoms with E-state index < -0.39 is 5.41 Å². The Kier molecular flexibility index (Phi) is 3.47. The van der Waals surface area contributed by atoms with Gasteiger partial charge in [-0.25, -0.2) is 0 Å². The van der Waals surface area contributed by atoms with Gasteiger partial charge in [0.15, 0.2) is 11.5 Å². The van der Waals surface area contributed by atoms with E-state index in [1.54, 1.807) is 6.07 Å². The Morgan fingerprint density at radius 3 is 2.47 bits per heavy atom. The van der Waals surface area contributed by atoms with Crippen molar-refractivity contribution >= 4 is 11.6 Å². The van der Waals surface area contributed by atoms with Crippen molar-refractivity contribution in [2.75, 3.05) is 13.7 Å². The SMILES string of the molecule is COc1cc(Cl)c(C(C)(C)CO)cc1O. The Morgan fingerprint density at radius 2 is 2.00 bits per heavy atom. The largest absolute Gasteiger partial charge is 0.504 e. The minimum Gasteiger partial charge on any atom is -0.504 e. The maximum absolute atomic E-state index is 9.61. The molecule has 0 spiro atoms. The molecule has 4 heteroatoms. The zero-order valence-corrected chi connectivity index (χ0v) is 9.80. The molecule has 1 aromatic rings. The molecule has 3 nitrogen and oxygen atoms in total. The van der Waals surface area contributed by atoms with Crippen LogP contribution in [0.2, 0.25) is 5.02 Å². The Bertz CT molecular complexity index is 361. The normalized spacial score (nSPS) is 11.5. The van der Waals surface area contributed by atoms with Gasteiger partial charge in [0, 0.05) is 16.5 Å². The second-order valence-corrected chi connectivity index (χ2v) is 4.45. The predicted molar refractivity (Wildman–Crippen MR) is 59.8 cm³/mol. The summed E-state index contributed by atoms with van der Waals surface area (Å²) in [5.41, 5.74) is 0.214. The summed E-state index contributed by atoms with van der Waals surface area (Å²) in [4.78, 5) is 0. The molecule has 0 bridgehead atoms. The Labute approximate surface area is 94.3 Å². The number of ether oxygens (including phenoxy) is 1. The third-order valence-electron chi connectivity index (χ3n) is 2.39. The average Bonchev–Trinajstić information content (AvgIpc) is 2.20. The molecule has 0 fully saturated rings. The van der Waals surface area contributed by atoms with E-state index in [-0.39, 0.29) is 12.4 Å². The molecule has 0 amide bonds. The van der Waals surface area contributed by atoms with Crippen LogP contribution in [0, 0.1) is 0 Å². The van der Waals surface area contributed by atoms with E-state index >= 15 is 0 Å².